The number of nitrogens with zero attached hydrogens (tertiary/aromatic N) is 1. The van der Waals surface area contributed by atoms with Gasteiger partial charge in [0, 0.05) is 13.1 Å². The van der Waals surface area contributed by atoms with Crippen molar-refractivity contribution in [3.05, 3.63) is 0 Å². The van der Waals surface area contributed by atoms with E-state index in [0.717, 1.165) is 17.8 Å². The van der Waals surface area contributed by atoms with Crippen LogP contribution >= 0.6 is 0 Å². The van der Waals surface area contributed by atoms with Gasteiger partial charge in [-0.2, -0.15) is 0 Å². The van der Waals surface area contributed by atoms with E-state index in [2.05, 4.69) is 18.7 Å². The molecule has 0 aromatic rings. The van der Waals surface area contributed by atoms with Crippen molar-refractivity contribution in [2.24, 2.45) is 17.8 Å². The molecule has 12 heavy (non-hydrogen) atoms. The molecule has 1 aliphatic carbocycles. The van der Waals surface area contributed by atoms with Crippen LogP contribution in [0.25, 0.3) is 0 Å². The minimum atomic E-state index is 0.928. The van der Waals surface area contributed by atoms with E-state index in [0.29, 0.717) is 0 Å². The highest BCUT2D eigenvalue weighted by molar-refractivity contribution is 4.81. The Morgan fingerprint density at radius 2 is 1.83 bits per heavy atom. The van der Waals surface area contributed by atoms with Crippen LogP contribution in [-0.4, -0.2) is 24.5 Å². The van der Waals surface area contributed by atoms with Crippen molar-refractivity contribution in [3.8, 4) is 0 Å². The van der Waals surface area contributed by atoms with Gasteiger partial charge in [-0.1, -0.05) is 13.8 Å². The minimum absolute atomic E-state index is 0.928. The Kier molecular flexibility index (Phi) is 2.40. The Morgan fingerprint density at radius 1 is 1.08 bits per heavy atom. The predicted molar refractivity (Wildman–Crippen MR) is 52.1 cm³/mol. The van der Waals surface area contributed by atoms with Crippen LogP contribution in [0.15, 0.2) is 0 Å². The Labute approximate surface area is 76.1 Å². The highest BCUT2D eigenvalue weighted by atomic mass is 15.1. The number of likely N-dealkylation sites (tertiary alicyclic amines) is 1. The normalized spacial score (nSPS) is 38.5. The predicted octanol–water partition coefficient (Wildman–Crippen LogP) is 2.37. The van der Waals surface area contributed by atoms with Gasteiger partial charge in [-0.15, -0.1) is 0 Å². The first-order chi connectivity index (χ1) is 5.75. The molecule has 2 rings (SSSR count). The first kappa shape index (κ1) is 8.55. The number of piperidine rings is 1. The van der Waals surface area contributed by atoms with E-state index in [1.807, 2.05) is 0 Å². The molecule has 0 aromatic heterocycles. The maximum absolute atomic E-state index is 2.68. The highest BCUT2D eigenvalue weighted by Gasteiger charge is 2.28. The fourth-order valence-electron chi connectivity index (χ4n) is 2.18. The zero-order valence-corrected chi connectivity index (χ0v) is 8.42. The molecule has 1 nitrogen and oxygen atoms in total. The molecule has 70 valence electrons. The zero-order chi connectivity index (χ0) is 8.55. The third kappa shape index (κ3) is 2.01. The van der Waals surface area contributed by atoms with E-state index < -0.39 is 0 Å². The molecule has 2 aliphatic rings. The summed E-state index contributed by atoms with van der Waals surface area (Å²) in [6.07, 6.45) is 4.43. The van der Waals surface area contributed by atoms with Gasteiger partial charge in [0.1, 0.15) is 0 Å². The molecule has 0 aromatic carbocycles. The monoisotopic (exact) mass is 167 g/mol. The van der Waals surface area contributed by atoms with Gasteiger partial charge in [-0.05, 0) is 43.6 Å². The largest absolute Gasteiger partial charge is 0.303 e. The van der Waals surface area contributed by atoms with E-state index in [4.69, 9.17) is 0 Å². The van der Waals surface area contributed by atoms with Crippen molar-refractivity contribution in [2.75, 3.05) is 19.6 Å². The molecule has 1 heterocycles. The average molecular weight is 167 g/mol. The van der Waals surface area contributed by atoms with Crippen molar-refractivity contribution in [2.45, 2.75) is 33.1 Å². The smallest absolute Gasteiger partial charge is 0.000978 e. The van der Waals surface area contributed by atoms with Crippen LogP contribution in [0.1, 0.15) is 33.1 Å². The minimum Gasteiger partial charge on any atom is -0.303 e. The summed E-state index contributed by atoms with van der Waals surface area (Å²) in [5.41, 5.74) is 0. The van der Waals surface area contributed by atoms with Gasteiger partial charge in [0.2, 0.25) is 0 Å². The van der Waals surface area contributed by atoms with Crippen LogP contribution < -0.4 is 0 Å². The maximum Gasteiger partial charge on any atom is 0.000978 e. The van der Waals surface area contributed by atoms with Gasteiger partial charge in [0.15, 0.2) is 0 Å². The Bertz CT molecular complexity index is 151. The SMILES string of the molecule is CC1CN(CC2CC2)CC[C@@H]1C. The summed E-state index contributed by atoms with van der Waals surface area (Å²) in [6.45, 7) is 8.93. The van der Waals surface area contributed by atoms with Crippen LogP contribution in [0.5, 0.6) is 0 Å². The van der Waals surface area contributed by atoms with Gasteiger partial charge in [-0.3, -0.25) is 0 Å². The molecule has 2 atom stereocenters. The van der Waals surface area contributed by atoms with E-state index in [9.17, 15) is 0 Å². The first-order valence-electron chi connectivity index (χ1n) is 5.48. The molecule has 1 aliphatic heterocycles. The second kappa shape index (κ2) is 3.37. The summed E-state index contributed by atoms with van der Waals surface area (Å²) in [4.78, 5) is 2.68. The number of rotatable bonds is 2. The molecule has 1 saturated heterocycles. The molecule has 0 spiro atoms. The van der Waals surface area contributed by atoms with Crippen LogP contribution in [-0.2, 0) is 0 Å². The van der Waals surface area contributed by atoms with Crippen molar-refractivity contribution >= 4 is 0 Å². The fourth-order valence-corrected chi connectivity index (χ4v) is 2.18. The molecule has 0 amide bonds. The standard InChI is InChI=1S/C11H21N/c1-9-5-6-12(7-10(9)2)8-11-3-4-11/h9-11H,3-8H2,1-2H3/t9-,10?/m0/s1. The van der Waals surface area contributed by atoms with Gasteiger partial charge in [0.25, 0.3) is 0 Å². The molecule has 0 radical (unpaired) electrons. The summed E-state index contributed by atoms with van der Waals surface area (Å²) >= 11 is 0. The van der Waals surface area contributed by atoms with E-state index >= 15 is 0 Å². The summed E-state index contributed by atoms with van der Waals surface area (Å²) in [5.74, 6) is 2.96. The van der Waals surface area contributed by atoms with E-state index in [1.165, 1.54) is 38.9 Å². The average Bonchev–Trinajstić information content (AvgIpc) is 2.81. The van der Waals surface area contributed by atoms with Crippen molar-refractivity contribution in [3.63, 3.8) is 0 Å². The Balaban J connectivity index is 1.76. The zero-order valence-electron chi connectivity index (χ0n) is 8.42. The van der Waals surface area contributed by atoms with Gasteiger partial charge < -0.3 is 4.90 Å². The van der Waals surface area contributed by atoms with Crippen LogP contribution in [0.4, 0.5) is 0 Å². The number of hydrogen-bond acceptors (Lipinski definition) is 1. The summed E-state index contributed by atoms with van der Waals surface area (Å²) in [5, 5.41) is 0. The Hall–Kier alpha value is -0.0400. The lowest BCUT2D eigenvalue weighted by atomic mass is 9.88. The topological polar surface area (TPSA) is 3.24 Å². The first-order valence-corrected chi connectivity index (χ1v) is 5.48. The fraction of sp³-hybridized carbons (Fsp3) is 1.00. The maximum atomic E-state index is 2.68. The summed E-state index contributed by atoms with van der Waals surface area (Å²) < 4.78 is 0. The lowest BCUT2D eigenvalue weighted by molar-refractivity contribution is 0.134. The quantitative estimate of drug-likeness (QED) is 0.610. The third-order valence-corrected chi connectivity index (χ3v) is 3.63. The van der Waals surface area contributed by atoms with Gasteiger partial charge in [-0.25, -0.2) is 0 Å². The lowest BCUT2D eigenvalue weighted by Crippen LogP contribution is -2.39. The molecular formula is C11H21N. The van der Waals surface area contributed by atoms with Crippen molar-refractivity contribution in [1.29, 1.82) is 0 Å². The number of hydrogen-bond donors (Lipinski definition) is 0. The highest BCUT2D eigenvalue weighted by Crippen LogP contribution is 2.32. The molecule has 1 unspecified atom stereocenters. The van der Waals surface area contributed by atoms with Crippen molar-refractivity contribution in [1.82, 2.24) is 4.90 Å². The molecule has 0 N–H and O–H groups in total. The summed E-state index contributed by atoms with van der Waals surface area (Å²) in [7, 11) is 0. The van der Waals surface area contributed by atoms with Crippen LogP contribution in [0.3, 0.4) is 0 Å². The van der Waals surface area contributed by atoms with E-state index in [-0.39, 0.29) is 0 Å². The van der Waals surface area contributed by atoms with Crippen LogP contribution in [0.2, 0.25) is 0 Å². The lowest BCUT2D eigenvalue weighted by Gasteiger charge is -2.35. The molecule has 1 heteroatoms. The van der Waals surface area contributed by atoms with E-state index in [1.54, 1.807) is 0 Å². The molecule has 0 bridgehead atoms. The van der Waals surface area contributed by atoms with Gasteiger partial charge in [0.05, 0.1) is 0 Å². The van der Waals surface area contributed by atoms with Crippen LogP contribution in [0, 0.1) is 17.8 Å². The second-order valence-electron chi connectivity index (χ2n) is 4.95. The Morgan fingerprint density at radius 3 is 2.42 bits per heavy atom. The molecular weight excluding hydrogens is 146 g/mol. The molecule has 2 fully saturated rings. The van der Waals surface area contributed by atoms with Gasteiger partial charge >= 0.3 is 0 Å². The molecule has 1 saturated carbocycles. The summed E-state index contributed by atoms with van der Waals surface area (Å²) in [6, 6.07) is 0. The van der Waals surface area contributed by atoms with Crippen molar-refractivity contribution < 1.29 is 0 Å². The third-order valence-electron chi connectivity index (χ3n) is 3.63. The second-order valence-corrected chi connectivity index (χ2v) is 4.95.